The number of rotatable bonds is 2. The van der Waals surface area contributed by atoms with E-state index in [1.807, 2.05) is 18.2 Å². The number of nitrogens with one attached hydrogen (secondary N) is 1. The molecule has 1 heterocycles. The van der Waals surface area contributed by atoms with Crippen molar-refractivity contribution in [2.24, 2.45) is 5.92 Å². The predicted octanol–water partition coefficient (Wildman–Crippen LogP) is 1.73. The first-order chi connectivity index (χ1) is 7.20. The summed E-state index contributed by atoms with van der Waals surface area (Å²) in [6, 6.07) is 7.44. The van der Waals surface area contributed by atoms with Crippen molar-refractivity contribution in [3.63, 3.8) is 0 Å². The van der Waals surface area contributed by atoms with Crippen LogP contribution in [0.3, 0.4) is 0 Å². The maximum absolute atomic E-state index is 11.0. The molecule has 1 saturated heterocycles. The Morgan fingerprint density at radius 1 is 1.40 bits per heavy atom. The topological polar surface area (TPSA) is 49.3 Å². The third-order valence-electron chi connectivity index (χ3n) is 2.84. The Kier molecular flexibility index (Phi) is 2.93. The van der Waals surface area contributed by atoms with Crippen molar-refractivity contribution in [2.45, 2.75) is 5.92 Å². The Labute approximate surface area is 93.1 Å². The van der Waals surface area contributed by atoms with E-state index in [1.165, 1.54) is 0 Å². The molecule has 0 bridgehead atoms. The zero-order valence-electron chi connectivity index (χ0n) is 8.11. The number of aliphatic carboxylic acids is 1. The lowest BCUT2D eigenvalue weighted by Gasteiger charge is -2.16. The van der Waals surface area contributed by atoms with Crippen LogP contribution in [0.5, 0.6) is 0 Å². The molecule has 3 nitrogen and oxygen atoms in total. The molecule has 0 spiro atoms. The number of carboxylic acid groups (broad SMARTS) is 1. The summed E-state index contributed by atoms with van der Waals surface area (Å²) >= 11 is 6.05. The van der Waals surface area contributed by atoms with E-state index in [4.69, 9.17) is 16.7 Å². The summed E-state index contributed by atoms with van der Waals surface area (Å²) in [6.07, 6.45) is 0. The van der Waals surface area contributed by atoms with Crippen molar-refractivity contribution in [3.8, 4) is 0 Å². The van der Waals surface area contributed by atoms with E-state index >= 15 is 0 Å². The third kappa shape index (κ3) is 1.98. The van der Waals surface area contributed by atoms with E-state index in [0.29, 0.717) is 18.1 Å². The lowest BCUT2D eigenvalue weighted by Crippen LogP contribution is -2.21. The fraction of sp³-hybridized carbons (Fsp3) is 0.364. The zero-order valence-corrected chi connectivity index (χ0v) is 8.87. The smallest absolute Gasteiger partial charge is 0.308 e. The van der Waals surface area contributed by atoms with Crippen molar-refractivity contribution < 1.29 is 9.90 Å². The first-order valence-electron chi connectivity index (χ1n) is 4.88. The number of hydrogen-bond donors (Lipinski definition) is 2. The van der Waals surface area contributed by atoms with Crippen LogP contribution in [0, 0.1) is 5.92 Å². The van der Waals surface area contributed by atoms with Gasteiger partial charge in [-0.05, 0) is 11.6 Å². The van der Waals surface area contributed by atoms with Crippen LogP contribution >= 0.6 is 11.6 Å². The summed E-state index contributed by atoms with van der Waals surface area (Å²) in [5.41, 5.74) is 0.927. The highest BCUT2D eigenvalue weighted by atomic mass is 35.5. The van der Waals surface area contributed by atoms with E-state index in [1.54, 1.807) is 6.07 Å². The van der Waals surface area contributed by atoms with E-state index in [9.17, 15) is 4.79 Å². The van der Waals surface area contributed by atoms with Gasteiger partial charge in [0.25, 0.3) is 0 Å². The SMILES string of the molecule is O=C(O)[C@@H]1CNC[C@@H]1c1ccccc1Cl. The molecule has 2 atom stereocenters. The van der Waals surface area contributed by atoms with Crippen molar-refractivity contribution >= 4 is 17.6 Å². The normalized spacial score (nSPS) is 25.4. The molecule has 0 radical (unpaired) electrons. The Hall–Kier alpha value is -1.06. The van der Waals surface area contributed by atoms with Crippen LogP contribution in [0.4, 0.5) is 0 Å². The predicted molar refractivity (Wildman–Crippen MR) is 58.2 cm³/mol. The average molecular weight is 226 g/mol. The van der Waals surface area contributed by atoms with E-state index in [-0.39, 0.29) is 11.8 Å². The highest BCUT2D eigenvalue weighted by Gasteiger charge is 2.34. The van der Waals surface area contributed by atoms with Gasteiger partial charge in [0.2, 0.25) is 0 Å². The lowest BCUT2D eigenvalue weighted by atomic mass is 9.89. The Bertz CT molecular complexity index is 381. The molecule has 1 fully saturated rings. The molecular weight excluding hydrogens is 214 g/mol. The second kappa shape index (κ2) is 4.21. The number of benzene rings is 1. The van der Waals surface area contributed by atoms with Crippen LogP contribution in [-0.2, 0) is 4.79 Å². The fourth-order valence-electron chi connectivity index (χ4n) is 2.04. The van der Waals surface area contributed by atoms with E-state index in [0.717, 1.165) is 5.56 Å². The molecule has 0 aliphatic carbocycles. The lowest BCUT2D eigenvalue weighted by molar-refractivity contribution is -0.141. The maximum atomic E-state index is 11.0. The molecule has 0 amide bonds. The van der Waals surface area contributed by atoms with Gasteiger partial charge in [0.05, 0.1) is 5.92 Å². The minimum Gasteiger partial charge on any atom is -0.481 e. The van der Waals surface area contributed by atoms with Crippen LogP contribution < -0.4 is 5.32 Å². The molecule has 15 heavy (non-hydrogen) atoms. The van der Waals surface area contributed by atoms with Gasteiger partial charge in [-0.3, -0.25) is 4.79 Å². The van der Waals surface area contributed by atoms with Crippen molar-refractivity contribution in [3.05, 3.63) is 34.9 Å². The van der Waals surface area contributed by atoms with Gasteiger partial charge >= 0.3 is 5.97 Å². The second-order valence-electron chi connectivity index (χ2n) is 3.73. The molecule has 2 rings (SSSR count). The minimum absolute atomic E-state index is 0.0174. The van der Waals surface area contributed by atoms with Gasteiger partial charge in [-0.25, -0.2) is 0 Å². The average Bonchev–Trinajstić information content (AvgIpc) is 2.67. The molecule has 4 heteroatoms. The first kappa shape index (κ1) is 10.5. The molecular formula is C11H12ClNO2. The van der Waals surface area contributed by atoms with Crippen molar-refractivity contribution in [2.75, 3.05) is 13.1 Å². The summed E-state index contributed by atoms with van der Waals surface area (Å²) in [5.74, 6) is -1.15. The molecule has 2 N–H and O–H groups in total. The monoisotopic (exact) mass is 225 g/mol. The van der Waals surface area contributed by atoms with Gasteiger partial charge in [-0.2, -0.15) is 0 Å². The zero-order chi connectivity index (χ0) is 10.8. The van der Waals surface area contributed by atoms with Crippen LogP contribution in [0.25, 0.3) is 0 Å². The highest BCUT2D eigenvalue weighted by Crippen LogP contribution is 2.32. The molecule has 1 aromatic carbocycles. The third-order valence-corrected chi connectivity index (χ3v) is 3.18. The highest BCUT2D eigenvalue weighted by molar-refractivity contribution is 6.31. The molecule has 1 aromatic rings. The van der Waals surface area contributed by atoms with Crippen LogP contribution in [0.15, 0.2) is 24.3 Å². The standard InChI is InChI=1S/C11H12ClNO2/c12-10-4-2-1-3-7(10)8-5-13-6-9(8)11(14)15/h1-4,8-9,13H,5-6H2,(H,14,15)/t8-,9-/m1/s1. The summed E-state index contributed by atoms with van der Waals surface area (Å²) < 4.78 is 0. The Balaban J connectivity index is 2.30. The van der Waals surface area contributed by atoms with Gasteiger partial charge < -0.3 is 10.4 Å². The molecule has 0 unspecified atom stereocenters. The van der Waals surface area contributed by atoms with Crippen LogP contribution in [0.1, 0.15) is 11.5 Å². The van der Waals surface area contributed by atoms with Crippen LogP contribution in [0.2, 0.25) is 5.02 Å². The largest absolute Gasteiger partial charge is 0.481 e. The second-order valence-corrected chi connectivity index (χ2v) is 4.14. The van der Waals surface area contributed by atoms with E-state index in [2.05, 4.69) is 5.32 Å². The van der Waals surface area contributed by atoms with Gasteiger partial charge in [-0.15, -0.1) is 0 Å². The van der Waals surface area contributed by atoms with Crippen molar-refractivity contribution in [1.29, 1.82) is 0 Å². The van der Waals surface area contributed by atoms with Gasteiger partial charge in [0.15, 0.2) is 0 Å². The minimum atomic E-state index is -0.759. The van der Waals surface area contributed by atoms with Crippen molar-refractivity contribution in [1.82, 2.24) is 5.32 Å². The van der Waals surface area contributed by atoms with Crippen LogP contribution in [-0.4, -0.2) is 24.2 Å². The summed E-state index contributed by atoms with van der Waals surface area (Å²) in [7, 11) is 0. The molecule has 1 aliphatic heterocycles. The van der Waals surface area contributed by atoms with Gasteiger partial charge in [0, 0.05) is 24.0 Å². The number of hydrogen-bond acceptors (Lipinski definition) is 2. The molecule has 0 saturated carbocycles. The summed E-state index contributed by atoms with van der Waals surface area (Å²) in [5, 5.41) is 12.8. The quantitative estimate of drug-likeness (QED) is 0.806. The number of carboxylic acids is 1. The van der Waals surface area contributed by atoms with E-state index < -0.39 is 5.97 Å². The molecule has 1 aliphatic rings. The molecule has 80 valence electrons. The van der Waals surface area contributed by atoms with Gasteiger partial charge in [-0.1, -0.05) is 29.8 Å². The number of carbonyl (C=O) groups is 1. The van der Waals surface area contributed by atoms with Gasteiger partial charge in [0.1, 0.15) is 0 Å². The first-order valence-corrected chi connectivity index (χ1v) is 5.26. The Morgan fingerprint density at radius 3 is 2.80 bits per heavy atom. The number of halogens is 1. The maximum Gasteiger partial charge on any atom is 0.308 e. The summed E-state index contributed by atoms with van der Waals surface area (Å²) in [4.78, 5) is 11.0. The summed E-state index contributed by atoms with van der Waals surface area (Å²) in [6.45, 7) is 1.20. The Morgan fingerprint density at radius 2 is 2.13 bits per heavy atom. The molecule has 0 aromatic heterocycles. The fourth-order valence-corrected chi connectivity index (χ4v) is 2.32.